The normalized spacial score (nSPS) is 13.5. The van der Waals surface area contributed by atoms with Crippen LogP contribution in [0.15, 0.2) is 61.3 Å². The largest absolute Gasteiger partial charge is 0.490 e. The zero-order chi connectivity index (χ0) is 29.9. The van der Waals surface area contributed by atoms with Crippen molar-refractivity contribution in [3.63, 3.8) is 0 Å². The molecule has 218 valence electrons. The van der Waals surface area contributed by atoms with Gasteiger partial charge in [-0.2, -0.15) is 23.3 Å². The third kappa shape index (κ3) is 6.58. The van der Waals surface area contributed by atoms with Gasteiger partial charge in [0.25, 0.3) is 0 Å². The van der Waals surface area contributed by atoms with Crippen molar-refractivity contribution >= 4 is 46.1 Å². The van der Waals surface area contributed by atoms with E-state index >= 15 is 0 Å². The Labute approximate surface area is 241 Å². The highest BCUT2D eigenvalue weighted by Crippen LogP contribution is 2.33. The lowest BCUT2D eigenvalue weighted by Crippen LogP contribution is -2.37. The van der Waals surface area contributed by atoms with Crippen LogP contribution in [0.4, 0.5) is 30.8 Å². The number of carboxylic acid groups (broad SMARTS) is 1. The van der Waals surface area contributed by atoms with Gasteiger partial charge in [-0.3, -0.25) is 4.68 Å². The number of alkyl halides is 3. The summed E-state index contributed by atoms with van der Waals surface area (Å²) < 4.78 is 40.6. The second-order valence-electron chi connectivity index (χ2n) is 9.02. The number of carbonyl (C=O) groups is 1. The molecule has 2 N–H and O–H groups in total. The number of carboxylic acids is 1. The molecular formula is C26H23ClF3N9O3. The molecule has 1 saturated heterocycles. The number of aryl methyl sites for hydroxylation is 1. The number of nitrogens with zero attached hydrogens (tertiary/aromatic N) is 8. The highest BCUT2D eigenvalue weighted by atomic mass is 35.5. The average Bonchev–Trinajstić information content (AvgIpc) is 3.64. The van der Waals surface area contributed by atoms with Crippen molar-refractivity contribution in [3.8, 4) is 16.8 Å². The van der Waals surface area contributed by atoms with Crippen LogP contribution in [-0.2, 0) is 16.6 Å². The van der Waals surface area contributed by atoms with Gasteiger partial charge in [0.15, 0.2) is 0 Å². The highest BCUT2D eigenvalue weighted by molar-refractivity contribution is 6.37. The van der Waals surface area contributed by atoms with Crippen LogP contribution in [0.25, 0.3) is 27.7 Å². The molecule has 5 aromatic rings. The third-order valence-electron chi connectivity index (χ3n) is 6.11. The van der Waals surface area contributed by atoms with Gasteiger partial charge in [0.1, 0.15) is 6.33 Å². The second-order valence-corrected chi connectivity index (χ2v) is 9.40. The lowest BCUT2D eigenvalue weighted by molar-refractivity contribution is -0.192. The number of benzene rings is 2. The molecule has 6 rings (SSSR count). The van der Waals surface area contributed by atoms with Gasteiger partial charge in [-0.15, -0.1) is 5.10 Å². The van der Waals surface area contributed by atoms with E-state index in [1.807, 2.05) is 49.6 Å². The smallest absolute Gasteiger partial charge is 0.475 e. The van der Waals surface area contributed by atoms with Gasteiger partial charge in [0.05, 0.1) is 35.6 Å². The van der Waals surface area contributed by atoms with E-state index in [4.69, 9.17) is 26.2 Å². The van der Waals surface area contributed by atoms with Crippen molar-refractivity contribution in [1.82, 2.24) is 34.5 Å². The van der Waals surface area contributed by atoms with Crippen molar-refractivity contribution < 1.29 is 27.8 Å². The van der Waals surface area contributed by atoms with Crippen LogP contribution >= 0.6 is 11.6 Å². The van der Waals surface area contributed by atoms with Crippen molar-refractivity contribution in [2.45, 2.75) is 6.18 Å². The van der Waals surface area contributed by atoms with Crippen LogP contribution in [0, 0.1) is 0 Å². The van der Waals surface area contributed by atoms with Crippen LogP contribution in [0.2, 0.25) is 5.02 Å². The van der Waals surface area contributed by atoms with E-state index < -0.39 is 12.1 Å². The molecule has 0 saturated carbocycles. The predicted octanol–water partition coefficient (Wildman–Crippen LogP) is 4.48. The summed E-state index contributed by atoms with van der Waals surface area (Å²) in [5.41, 5.74) is 4.26. The number of ether oxygens (including phenoxy) is 1. The Hall–Kier alpha value is -4.76. The minimum absolute atomic E-state index is 0.464. The molecule has 1 aliphatic rings. The Morgan fingerprint density at radius 3 is 2.43 bits per heavy atom. The molecular weight excluding hydrogens is 579 g/mol. The Kier molecular flexibility index (Phi) is 8.22. The average molecular weight is 602 g/mol. The SMILES string of the molecule is Cn1cc(-c2ccc3cnc(Nc4ccc(-n5cnc(N6CCOCC6)n5)cc4)nc3c2Cl)cn1.O=C(O)C(F)(F)F. The van der Waals surface area contributed by atoms with E-state index in [-0.39, 0.29) is 0 Å². The second kappa shape index (κ2) is 12.0. The molecule has 1 fully saturated rings. The van der Waals surface area contributed by atoms with Crippen LogP contribution in [0.3, 0.4) is 0 Å². The number of aromatic nitrogens is 7. The van der Waals surface area contributed by atoms with Crippen LogP contribution < -0.4 is 10.2 Å². The van der Waals surface area contributed by atoms with Crippen LogP contribution in [-0.4, -0.2) is 78.1 Å². The standard InChI is InChI=1S/C24H22ClN9O.C2HF3O2/c1-32-14-17(13-28-32)20-7-2-16-12-26-23(30-22(16)21(20)25)29-18-3-5-19(6-4-18)34-15-27-24(31-34)33-8-10-35-11-9-33;3-2(4,5)1(6)7/h2-7,12-15H,8-11H2,1H3,(H,26,29,30);(H,6,7). The molecule has 0 bridgehead atoms. The number of morpholine rings is 1. The fourth-order valence-electron chi connectivity index (χ4n) is 4.02. The van der Waals surface area contributed by atoms with Crippen LogP contribution in [0.5, 0.6) is 0 Å². The zero-order valence-electron chi connectivity index (χ0n) is 22.0. The van der Waals surface area contributed by atoms with Crippen molar-refractivity contribution in [1.29, 1.82) is 0 Å². The molecule has 16 heteroatoms. The van der Waals surface area contributed by atoms with Crippen molar-refractivity contribution in [2.24, 2.45) is 7.05 Å². The predicted molar refractivity (Wildman–Crippen MR) is 148 cm³/mol. The Morgan fingerprint density at radius 1 is 1.07 bits per heavy atom. The molecule has 0 unspecified atom stereocenters. The van der Waals surface area contributed by atoms with Crippen LogP contribution in [0.1, 0.15) is 0 Å². The number of halogens is 4. The summed E-state index contributed by atoms with van der Waals surface area (Å²) in [5.74, 6) is -1.58. The summed E-state index contributed by atoms with van der Waals surface area (Å²) in [5, 5.41) is 20.7. The summed E-state index contributed by atoms with van der Waals surface area (Å²) >= 11 is 6.73. The highest BCUT2D eigenvalue weighted by Gasteiger charge is 2.38. The Balaban J connectivity index is 0.000000451. The van der Waals surface area contributed by atoms with Gasteiger partial charge in [-0.1, -0.05) is 23.7 Å². The molecule has 3 aromatic heterocycles. The summed E-state index contributed by atoms with van der Waals surface area (Å²) in [4.78, 5) is 24.6. The van der Waals surface area contributed by atoms with Gasteiger partial charge >= 0.3 is 12.1 Å². The summed E-state index contributed by atoms with van der Waals surface area (Å²) in [6.07, 6.45) is 2.12. The summed E-state index contributed by atoms with van der Waals surface area (Å²) in [7, 11) is 1.87. The summed E-state index contributed by atoms with van der Waals surface area (Å²) in [6, 6.07) is 11.8. The maximum atomic E-state index is 10.6. The first-order valence-corrected chi connectivity index (χ1v) is 12.8. The number of fused-ring (bicyclic) bond motifs is 1. The fraction of sp³-hybridized carbons (Fsp3) is 0.231. The molecule has 2 aromatic carbocycles. The monoisotopic (exact) mass is 601 g/mol. The number of anilines is 3. The molecule has 0 amide bonds. The van der Waals surface area contributed by atoms with E-state index in [2.05, 4.69) is 35.4 Å². The van der Waals surface area contributed by atoms with Gasteiger partial charge in [0.2, 0.25) is 11.9 Å². The van der Waals surface area contributed by atoms with Gasteiger partial charge < -0.3 is 20.1 Å². The number of nitrogens with one attached hydrogen (secondary N) is 1. The van der Waals surface area contributed by atoms with Gasteiger partial charge in [0, 0.05) is 54.7 Å². The molecule has 42 heavy (non-hydrogen) atoms. The van der Waals surface area contributed by atoms with E-state index in [1.54, 1.807) is 28.1 Å². The summed E-state index contributed by atoms with van der Waals surface area (Å²) in [6.45, 7) is 2.99. The minimum atomic E-state index is -5.08. The quantitative estimate of drug-likeness (QED) is 0.297. The van der Waals surface area contributed by atoms with Crippen molar-refractivity contribution in [3.05, 3.63) is 66.3 Å². The van der Waals surface area contributed by atoms with Crippen molar-refractivity contribution in [2.75, 3.05) is 36.5 Å². The Morgan fingerprint density at radius 2 is 1.79 bits per heavy atom. The number of aliphatic carboxylic acids is 1. The molecule has 0 aliphatic carbocycles. The Bertz CT molecular complexity index is 1700. The number of rotatable bonds is 5. The first-order chi connectivity index (χ1) is 20.1. The molecule has 4 heterocycles. The lowest BCUT2D eigenvalue weighted by Gasteiger charge is -2.25. The van der Waals surface area contributed by atoms with Gasteiger partial charge in [-0.25, -0.2) is 19.4 Å². The first kappa shape index (κ1) is 28.8. The fourth-order valence-corrected chi connectivity index (χ4v) is 4.34. The van der Waals surface area contributed by atoms with E-state index in [9.17, 15) is 13.2 Å². The molecule has 0 atom stereocenters. The maximum absolute atomic E-state index is 10.6. The third-order valence-corrected chi connectivity index (χ3v) is 6.49. The maximum Gasteiger partial charge on any atom is 0.490 e. The molecule has 0 radical (unpaired) electrons. The lowest BCUT2D eigenvalue weighted by atomic mass is 10.1. The van der Waals surface area contributed by atoms with Gasteiger partial charge in [-0.05, 0) is 24.3 Å². The zero-order valence-corrected chi connectivity index (χ0v) is 22.7. The number of hydrogen-bond acceptors (Lipinski definition) is 9. The molecule has 0 spiro atoms. The van der Waals surface area contributed by atoms with E-state index in [0.717, 1.165) is 41.0 Å². The first-order valence-electron chi connectivity index (χ1n) is 12.4. The topological polar surface area (TPSA) is 136 Å². The minimum Gasteiger partial charge on any atom is -0.475 e. The molecule has 1 aliphatic heterocycles. The number of hydrogen-bond donors (Lipinski definition) is 2. The molecule has 12 nitrogen and oxygen atoms in total. The van der Waals surface area contributed by atoms with E-state index in [0.29, 0.717) is 35.6 Å². The van der Waals surface area contributed by atoms with E-state index in [1.165, 1.54) is 0 Å².